The van der Waals surface area contributed by atoms with Crippen LogP contribution in [0.4, 0.5) is 5.69 Å². The number of carboxylic acid groups (broad SMARTS) is 1. The van der Waals surface area contributed by atoms with Crippen molar-refractivity contribution < 1.29 is 19.4 Å². The normalized spacial score (nSPS) is 14.7. The summed E-state index contributed by atoms with van der Waals surface area (Å²) < 4.78 is 11.7. The molecule has 0 unspecified atom stereocenters. The molecule has 1 aliphatic heterocycles. The molecule has 0 aliphatic carbocycles. The number of hydrogen-bond acceptors (Lipinski definition) is 5. The standard InChI is InChI=1S/C24H32N2O4/c1-19(2)18-30-23-5-3-4-21(17-23)26-12-10-25(11-13-26)14-15-29-22-8-6-20(7-9-22)16-24(27)28/h3-9,17,19H,10-16,18H2,1-2H3,(H,27,28). The Morgan fingerprint density at radius 2 is 1.73 bits per heavy atom. The minimum absolute atomic E-state index is 0.0390. The molecule has 0 saturated carbocycles. The lowest BCUT2D eigenvalue weighted by molar-refractivity contribution is -0.136. The molecule has 0 aromatic heterocycles. The first kappa shape index (κ1) is 22.0. The van der Waals surface area contributed by atoms with Gasteiger partial charge < -0.3 is 19.5 Å². The first-order valence-electron chi connectivity index (χ1n) is 10.6. The van der Waals surface area contributed by atoms with Crippen molar-refractivity contribution in [3.63, 3.8) is 0 Å². The quantitative estimate of drug-likeness (QED) is 0.644. The summed E-state index contributed by atoms with van der Waals surface area (Å²) in [6, 6.07) is 15.7. The van der Waals surface area contributed by atoms with E-state index in [1.807, 2.05) is 18.2 Å². The van der Waals surface area contributed by atoms with Crippen molar-refractivity contribution in [3.8, 4) is 11.5 Å². The topological polar surface area (TPSA) is 62.2 Å². The lowest BCUT2D eigenvalue weighted by Crippen LogP contribution is -2.47. The summed E-state index contributed by atoms with van der Waals surface area (Å²) in [6.45, 7) is 10.5. The van der Waals surface area contributed by atoms with Gasteiger partial charge in [0.15, 0.2) is 0 Å². The Morgan fingerprint density at radius 3 is 2.40 bits per heavy atom. The SMILES string of the molecule is CC(C)COc1cccc(N2CCN(CCOc3ccc(CC(=O)O)cc3)CC2)c1. The van der Waals surface area contributed by atoms with Crippen LogP contribution >= 0.6 is 0 Å². The van der Waals surface area contributed by atoms with E-state index in [1.165, 1.54) is 5.69 Å². The van der Waals surface area contributed by atoms with Gasteiger partial charge in [0.05, 0.1) is 13.0 Å². The molecular formula is C24H32N2O4. The Bertz CT molecular complexity index is 799. The van der Waals surface area contributed by atoms with Crippen molar-refractivity contribution >= 4 is 11.7 Å². The van der Waals surface area contributed by atoms with Crippen molar-refractivity contribution in [1.29, 1.82) is 0 Å². The number of nitrogens with zero attached hydrogens (tertiary/aromatic N) is 2. The second-order valence-electron chi connectivity index (χ2n) is 8.09. The summed E-state index contributed by atoms with van der Waals surface area (Å²) in [5.41, 5.74) is 2.00. The molecule has 3 rings (SSSR count). The number of rotatable bonds is 10. The van der Waals surface area contributed by atoms with Crippen molar-refractivity contribution in [3.05, 3.63) is 54.1 Å². The minimum atomic E-state index is -0.822. The van der Waals surface area contributed by atoms with E-state index >= 15 is 0 Å². The van der Waals surface area contributed by atoms with Crippen LogP contribution < -0.4 is 14.4 Å². The second-order valence-corrected chi connectivity index (χ2v) is 8.09. The third-order valence-corrected chi connectivity index (χ3v) is 5.09. The Labute approximate surface area is 179 Å². The van der Waals surface area contributed by atoms with Gasteiger partial charge in [0.2, 0.25) is 0 Å². The van der Waals surface area contributed by atoms with Gasteiger partial charge in [0.25, 0.3) is 0 Å². The molecule has 1 saturated heterocycles. The van der Waals surface area contributed by atoms with Crippen LogP contribution in [-0.4, -0.2) is 61.9 Å². The molecule has 0 radical (unpaired) electrons. The molecule has 1 aliphatic rings. The van der Waals surface area contributed by atoms with E-state index in [1.54, 1.807) is 12.1 Å². The number of carboxylic acids is 1. The van der Waals surface area contributed by atoms with Gasteiger partial charge in [-0.25, -0.2) is 0 Å². The van der Waals surface area contributed by atoms with E-state index in [4.69, 9.17) is 14.6 Å². The Morgan fingerprint density at radius 1 is 1.00 bits per heavy atom. The summed E-state index contributed by atoms with van der Waals surface area (Å²) in [4.78, 5) is 15.6. The van der Waals surface area contributed by atoms with Crippen molar-refractivity contribution in [2.75, 3.05) is 50.8 Å². The number of anilines is 1. The fourth-order valence-corrected chi connectivity index (χ4v) is 3.43. The number of piperazine rings is 1. The highest BCUT2D eigenvalue weighted by molar-refractivity contribution is 5.70. The number of aliphatic carboxylic acids is 1. The zero-order chi connectivity index (χ0) is 21.3. The maximum absolute atomic E-state index is 10.7. The van der Waals surface area contributed by atoms with Gasteiger partial charge in [0, 0.05) is 44.5 Å². The number of hydrogen-bond donors (Lipinski definition) is 1. The fourth-order valence-electron chi connectivity index (χ4n) is 3.43. The van der Waals surface area contributed by atoms with Gasteiger partial charge in [-0.05, 0) is 35.7 Å². The first-order valence-corrected chi connectivity index (χ1v) is 10.6. The van der Waals surface area contributed by atoms with Crippen LogP contribution in [-0.2, 0) is 11.2 Å². The van der Waals surface area contributed by atoms with E-state index in [2.05, 4.69) is 41.8 Å². The summed E-state index contributed by atoms with van der Waals surface area (Å²) in [6.07, 6.45) is 0.0390. The zero-order valence-corrected chi connectivity index (χ0v) is 17.9. The van der Waals surface area contributed by atoms with Gasteiger partial charge in [-0.15, -0.1) is 0 Å². The lowest BCUT2D eigenvalue weighted by atomic mass is 10.1. The van der Waals surface area contributed by atoms with Crippen LogP contribution in [0, 0.1) is 5.92 Å². The van der Waals surface area contributed by atoms with E-state index in [0.29, 0.717) is 12.5 Å². The molecular weight excluding hydrogens is 380 g/mol. The third-order valence-electron chi connectivity index (χ3n) is 5.09. The molecule has 0 spiro atoms. The molecule has 6 heteroatoms. The Balaban J connectivity index is 1.39. The van der Waals surface area contributed by atoms with E-state index in [0.717, 1.165) is 56.4 Å². The van der Waals surface area contributed by atoms with E-state index in [9.17, 15) is 4.79 Å². The predicted molar refractivity (Wildman–Crippen MR) is 119 cm³/mol. The van der Waals surface area contributed by atoms with Gasteiger partial charge in [-0.3, -0.25) is 9.69 Å². The van der Waals surface area contributed by atoms with Crippen LogP contribution in [0.5, 0.6) is 11.5 Å². The highest BCUT2D eigenvalue weighted by Gasteiger charge is 2.17. The van der Waals surface area contributed by atoms with Crippen molar-refractivity contribution in [1.82, 2.24) is 4.90 Å². The van der Waals surface area contributed by atoms with Crippen molar-refractivity contribution in [2.24, 2.45) is 5.92 Å². The van der Waals surface area contributed by atoms with Crippen LogP contribution in [0.2, 0.25) is 0 Å². The molecule has 0 amide bonds. The summed E-state index contributed by atoms with van der Waals surface area (Å²) >= 11 is 0. The summed E-state index contributed by atoms with van der Waals surface area (Å²) in [7, 11) is 0. The molecule has 0 bridgehead atoms. The molecule has 0 atom stereocenters. The average molecular weight is 413 g/mol. The van der Waals surface area contributed by atoms with E-state index < -0.39 is 5.97 Å². The average Bonchev–Trinajstić information content (AvgIpc) is 2.74. The summed E-state index contributed by atoms with van der Waals surface area (Å²) in [5.74, 6) is 1.41. The lowest BCUT2D eigenvalue weighted by Gasteiger charge is -2.36. The van der Waals surface area contributed by atoms with Gasteiger partial charge in [0.1, 0.15) is 18.1 Å². The van der Waals surface area contributed by atoms with Crippen LogP contribution in [0.15, 0.2) is 48.5 Å². The highest BCUT2D eigenvalue weighted by Crippen LogP contribution is 2.23. The maximum Gasteiger partial charge on any atom is 0.307 e. The predicted octanol–water partition coefficient (Wildman–Crippen LogP) is 3.55. The maximum atomic E-state index is 10.7. The zero-order valence-electron chi connectivity index (χ0n) is 17.9. The molecule has 162 valence electrons. The van der Waals surface area contributed by atoms with E-state index in [-0.39, 0.29) is 6.42 Å². The van der Waals surface area contributed by atoms with Crippen LogP contribution in [0.1, 0.15) is 19.4 Å². The summed E-state index contributed by atoms with van der Waals surface area (Å²) in [5, 5.41) is 8.82. The molecule has 2 aromatic carbocycles. The largest absolute Gasteiger partial charge is 0.493 e. The number of benzene rings is 2. The first-order chi connectivity index (χ1) is 14.5. The Kier molecular flexibility index (Phi) is 7.97. The van der Waals surface area contributed by atoms with Crippen LogP contribution in [0.25, 0.3) is 0 Å². The Hall–Kier alpha value is -2.73. The third kappa shape index (κ3) is 6.95. The van der Waals surface area contributed by atoms with Gasteiger partial charge in [-0.2, -0.15) is 0 Å². The molecule has 1 N–H and O–H groups in total. The molecule has 1 heterocycles. The molecule has 30 heavy (non-hydrogen) atoms. The number of ether oxygens (including phenoxy) is 2. The monoisotopic (exact) mass is 412 g/mol. The van der Waals surface area contributed by atoms with Gasteiger partial charge in [-0.1, -0.05) is 32.0 Å². The molecule has 6 nitrogen and oxygen atoms in total. The highest BCUT2D eigenvalue weighted by atomic mass is 16.5. The van der Waals surface area contributed by atoms with Gasteiger partial charge >= 0.3 is 5.97 Å². The second kappa shape index (κ2) is 10.9. The van der Waals surface area contributed by atoms with Crippen LogP contribution in [0.3, 0.4) is 0 Å². The molecule has 2 aromatic rings. The smallest absolute Gasteiger partial charge is 0.307 e. The molecule has 1 fully saturated rings. The fraction of sp³-hybridized carbons (Fsp3) is 0.458. The van der Waals surface area contributed by atoms with Crippen molar-refractivity contribution in [2.45, 2.75) is 20.3 Å². The number of carbonyl (C=O) groups is 1. The minimum Gasteiger partial charge on any atom is -0.493 e.